The van der Waals surface area contributed by atoms with Gasteiger partial charge in [-0.05, 0) is 31.6 Å². The third-order valence-corrected chi connectivity index (χ3v) is 5.10. The van der Waals surface area contributed by atoms with Crippen molar-refractivity contribution in [2.45, 2.75) is 79.4 Å². The molecule has 1 aliphatic rings. The molecule has 0 aromatic carbocycles. The van der Waals surface area contributed by atoms with Crippen LogP contribution >= 0.6 is 0 Å². The zero-order valence-electron chi connectivity index (χ0n) is 14.6. The maximum atomic E-state index is 12.5. The average molecular weight is 316 g/mol. The van der Waals surface area contributed by atoms with Crippen LogP contribution in [0.25, 0.3) is 0 Å². The van der Waals surface area contributed by atoms with E-state index in [1.807, 2.05) is 34.6 Å². The van der Waals surface area contributed by atoms with Crippen LogP contribution in [0.1, 0.15) is 67.7 Å². The molecule has 128 valence electrons. The lowest BCUT2D eigenvalue weighted by atomic mass is 9.63. The quantitative estimate of drug-likeness (QED) is 0.572. The minimum atomic E-state index is -1.19. The summed E-state index contributed by atoms with van der Waals surface area (Å²) in [5, 5.41) is 0. The third kappa shape index (κ3) is 2.86. The Balaban J connectivity index is 2.78. The number of carbonyl (C=O) groups excluding carboxylic acids is 2. The zero-order chi connectivity index (χ0) is 17.2. The van der Waals surface area contributed by atoms with Crippen LogP contribution in [0.3, 0.4) is 0 Å². The SMILES string of the molecule is CCC1(C(=O)OOC(=O)C(CC)(CC)C(C)(C)C)OOC1C. The van der Waals surface area contributed by atoms with Gasteiger partial charge in [0.2, 0.25) is 5.60 Å². The molecule has 1 fully saturated rings. The molecule has 0 aliphatic carbocycles. The molecule has 2 unspecified atom stereocenters. The van der Waals surface area contributed by atoms with Gasteiger partial charge in [-0.3, -0.25) is 0 Å². The van der Waals surface area contributed by atoms with Gasteiger partial charge in [0.05, 0.1) is 5.41 Å². The van der Waals surface area contributed by atoms with Gasteiger partial charge in [0.15, 0.2) is 0 Å². The van der Waals surface area contributed by atoms with E-state index in [1.165, 1.54) is 0 Å². The van der Waals surface area contributed by atoms with Crippen molar-refractivity contribution >= 4 is 11.9 Å². The molecule has 1 rings (SSSR count). The molecule has 0 spiro atoms. The van der Waals surface area contributed by atoms with E-state index in [0.29, 0.717) is 19.3 Å². The largest absolute Gasteiger partial charge is 0.393 e. The topological polar surface area (TPSA) is 71.1 Å². The highest BCUT2D eigenvalue weighted by Gasteiger charge is 2.57. The van der Waals surface area contributed by atoms with Crippen LogP contribution in [0.2, 0.25) is 0 Å². The van der Waals surface area contributed by atoms with Crippen LogP contribution < -0.4 is 0 Å². The molecule has 6 heteroatoms. The van der Waals surface area contributed by atoms with Gasteiger partial charge < -0.3 is 0 Å². The van der Waals surface area contributed by atoms with Crippen molar-refractivity contribution in [2.24, 2.45) is 10.8 Å². The van der Waals surface area contributed by atoms with Gasteiger partial charge in [-0.25, -0.2) is 29.1 Å². The van der Waals surface area contributed by atoms with Crippen LogP contribution in [0, 0.1) is 10.8 Å². The Morgan fingerprint density at radius 3 is 1.91 bits per heavy atom. The van der Waals surface area contributed by atoms with Crippen LogP contribution in [0.5, 0.6) is 0 Å². The summed E-state index contributed by atoms with van der Waals surface area (Å²) in [4.78, 5) is 44.0. The average Bonchev–Trinajstić information content (AvgIpc) is 2.44. The predicted octanol–water partition coefficient (Wildman–Crippen LogP) is 3.34. The van der Waals surface area contributed by atoms with Gasteiger partial charge in [-0.1, -0.05) is 41.5 Å². The fourth-order valence-corrected chi connectivity index (χ4v) is 3.08. The van der Waals surface area contributed by atoms with E-state index in [9.17, 15) is 9.59 Å². The Hall–Kier alpha value is -1.14. The van der Waals surface area contributed by atoms with E-state index in [2.05, 4.69) is 0 Å². The summed E-state index contributed by atoms with van der Waals surface area (Å²) in [7, 11) is 0. The minimum absolute atomic E-state index is 0.314. The molecular formula is C16H28O6. The third-order valence-electron chi connectivity index (χ3n) is 5.10. The van der Waals surface area contributed by atoms with Gasteiger partial charge >= 0.3 is 11.9 Å². The Kier molecular flexibility index (Phi) is 5.62. The van der Waals surface area contributed by atoms with Gasteiger partial charge in [-0.15, -0.1) is 0 Å². The second kappa shape index (κ2) is 6.54. The lowest BCUT2D eigenvalue weighted by Gasteiger charge is -2.42. The molecule has 0 N–H and O–H groups in total. The van der Waals surface area contributed by atoms with Gasteiger partial charge in [0.25, 0.3) is 0 Å². The van der Waals surface area contributed by atoms with E-state index >= 15 is 0 Å². The smallest absolute Gasteiger partial charge is 0.247 e. The van der Waals surface area contributed by atoms with Crippen molar-refractivity contribution < 1.29 is 29.1 Å². The van der Waals surface area contributed by atoms with E-state index < -0.39 is 29.1 Å². The molecule has 2 atom stereocenters. The predicted molar refractivity (Wildman–Crippen MR) is 79.3 cm³/mol. The highest BCUT2D eigenvalue weighted by atomic mass is 17.3. The number of hydrogen-bond donors (Lipinski definition) is 0. The second-order valence-corrected chi connectivity index (χ2v) is 6.85. The summed E-state index contributed by atoms with van der Waals surface area (Å²) in [5.74, 6) is -1.27. The van der Waals surface area contributed by atoms with Crippen LogP contribution in [0.15, 0.2) is 0 Å². The molecule has 0 radical (unpaired) electrons. The van der Waals surface area contributed by atoms with Gasteiger partial charge in [0.1, 0.15) is 6.10 Å². The number of hydrogen-bond acceptors (Lipinski definition) is 6. The van der Waals surface area contributed by atoms with Crippen molar-refractivity contribution in [1.29, 1.82) is 0 Å². The maximum absolute atomic E-state index is 12.5. The van der Waals surface area contributed by atoms with Crippen LogP contribution in [-0.2, 0) is 29.1 Å². The molecule has 1 heterocycles. The summed E-state index contributed by atoms with van der Waals surface area (Å²) in [5.41, 5.74) is -2.22. The highest BCUT2D eigenvalue weighted by molar-refractivity contribution is 5.82. The van der Waals surface area contributed by atoms with Crippen molar-refractivity contribution in [1.82, 2.24) is 0 Å². The first-order valence-corrected chi connectivity index (χ1v) is 7.89. The Bertz CT molecular complexity index is 417. The molecular weight excluding hydrogens is 288 g/mol. The van der Waals surface area contributed by atoms with Crippen LogP contribution in [-0.4, -0.2) is 23.6 Å². The van der Waals surface area contributed by atoms with Gasteiger partial charge in [0, 0.05) is 0 Å². The van der Waals surface area contributed by atoms with Crippen molar-refractivity contribution in [2.75, 3.05) is 0 Å². The Morgan fingerprint density at radius 2 is 1.64 bits per heavy atom. The van der Waals surface area contributed by atoms with Crippen LogP contribution in [0.4, 0.5) is 0 Å². The molecule has 0 aromatic heterocycles. The van der Waals surface area contributed by atoms with E-state index in [1.54, 1.807) is 13.8 Å². The molecule has 6 nitrogen and oxygen atoms in total. The lowest BCUT2D eigenvalue weighted by Crippen LogP contribution is -2.60. The van der Waals surface area contributed by atoms with E-state index in [0.717, 1.165) is 0 Å². The van der Waals surface area contributed by atoms with Crippen molar-refractivity contribution in [3.05, 3.63) is 0 Å². The highest BCUT2D eigenvalue weighted by Crippen LogP contribution is 2.45. The first kappa shape index (κ1) is 18.9. The lowest BCUT2D eigenvalue weighted by molar-refractivity contribution is -0.497. The maximum Gasteiger partial charge on any atom is 0.393 e. The monoisotopic (exact) mass is 316 g/mol. The summed E-state index contributed by atoms with van der Waals surface area (Å²) in [6, 6.07) is 0. The molecule has 0 aromatic rings. The summed E-state index contributed by atoms with van der Waals surface area (Å²) in [6.07, 6.45) is 1.13. The van der Waals surface area contributed by atoms with Crippen molar-refractivity contribution in [3.63, 3.8) is 0 Å². The Morgan fingerprint density at radius 1 is 1.09 bits per heavy atom. The first-order valence-electron chi connectivity index (χ1n) is 7.89. The summed E-state index contributed by atoms with van der Waals surface area (Å²) >= 11 is 0. The molecule has 22 heavy (non-hydrogen) atoms. The normalized spacial score (nSPS) is 25.3. The molecule has 1 saturated heterocycles. The fourth-order valence-electron chi connectivity index (χ4n) is 3.08. The molecule has 1 aliphatic heterocycles. The molecule has 0 amide bonds. The van der Waals surface area contributed by atoms with Crippen molar-refractivity contribution in [3.8, 4) is 0 Å². The fraction of sp³-hybridized carbons (Fsp3) is 0.875. The molecule has 0 bridgehead atoms. The van der Waals surface area contributed by atoms with E-state index in [4.69, 9.17) is 19.6 Å². The van der Waals surface area contributed by atoms with E-state index in [-0.39, 0.29) is 5.41 Å². The Labute approximate surface area is 132 Å². The number of rotatable bonds is 5. The molecule has 0 saturated carbocycles. The summed E-state index contributed by atoms with van der Waals surface area (Å²) in [6.45, 7) is 13.3. The second-order valence-electron chi connectivity index (χ2n) is 6.85. The number of carbonyl (C=O) groups is 2. The summed E-state index contributed by atoms with van der Waals surface area (Å²) < 4.78 is 0. The standard InChI is InChI=1S/C16H28O6/c1-8-15(9-2,14(5,6)7)12(17)20-21-13(18)16(10-3)11(4)19-22-16/h11H,8-10H2,1-7H3. The van der Waals surface area contributed by atoms with Gasteiger partial charge in [-0.2, -0.15) is 0 Å². The zero-order valence-corrected chi connectivity index (χ0v) is 14.6. The minimum Gasteiger partial charge on any atom is -0.247 e. The first-order chi connectivity index (χ1) is 10.1.